The van der Waals surface area contributed by atoms with Crippen LogP contribution in [-0.4, -0.2) is 29.1 Å². The molecule has 1 heterocycles. The summed E-state index contributed by atoms with van der Waals surface area (Å²) in [6.07, 6.45) is 0. The molecule has 0 aliphatic heterocycles. The number of rotatable bonds is 8. The van der Waals surface area contributed by atoms with Gasteiger partial charge in [0.1, 0.15) is 23.9 Å². The zero-order valence-corrected chi connectivity index (χ0v) is 18.8. The molecule has 0 radical (unpaired) electrons. The zero-order chi connectivity index (χ0) is 23.9. The van der Waals surface area contributed by atoms with Gasteiger partial charge in [0.05, 0.1) is 12.8 Å². The van der Waals surface area contributed by atoms with Gasteiger partial charge in [-0.15, -0.1) is 10.2 Å². The van der Waals surface area contributed by atoms with Gasteiger partial charge in [0.2, 0.25) is 5.01 Å². The fraction of sp³-hybridized carbons (Fsp3) is 0.0833. The average Bonchev–Trinajstić information content (AvgIpc) is 3.34. The van der Waals surface area contributed by atoms with E-state index in [9.17, 15) is 14.0 Å². The van der Waals surface area contributed by atoms with Crippen LogP contribution in [0.3, 0.4) is 0 Å². The fourth-order valence-corrected chi connectivity index (χ4v) is 3.56. The van der Waals surface area contributed by atoms with Gasteiger partial charge in [-0.25, -0.2) is 4.39 Å². The summed E-state index contributed by atoms with van der Waals surface area (Å²) in [6, 6.07) is 19.2. The van der Waals surface area contributed by atoms with Crippen LogP contribution in [-0.2, 0) is 6.61 Å². The Kier molecular flexibility index (Phi) is 7.09. The first-order valence-corrected chi connectivity index (χ1v) is 10.9. The van der Waals surface area contributed by atoms with Crippen molar-refractivity contribution in [1.82, 2.24) is 10.2 Å². The van der Waals surface area contributed by atoms with Gasteiger partial charge in [-0.3, -0.25) is 9.59 Å². The van der Waals surface area contributed by atoms with Gasteiger partial charge in [0.15, 0.2) is 5.01 Å². The maximum Gasteiger partial charge on any atom is 0.286 e. The van der Waals surface area contributed by atoms with Crippen molar-refractivity contribution >= 4 is 34.5 Å². The molecule has 0 spiro atoms. The van der Waals surface area contributed by atoms with Crippen molar-refractivity contribution in [2.24, 2.45) is 0 Å². The normalized spacial score (nSPS) is 10.4. The van der Waals surface area contributed by atoms with E-state index in [1.54, 1.807) is 42.5 Å². The molecule has 1 aromatic heterocycles. The third-order valence-electron chi connectivity index (χ3n) is 4.60. The van der Waals surface area contributed by atoms with Gasteiger partial charge < -0.3 is 20.1 Å². The van der Waals surface area contributed by atoms with Gasteiger partial charge in [0, 0.05) is 11.3 Å². The molecule has 2 N–H and O–H groups in total. The Labute approximate surface area is 198 Å². The summed E-state index contributed by atoms with van der Waals surface area (Å²) in [5.74, 6) is -0.0175. The standard InChI is InChI=1S/C24H19FN4O4S/c1-32-20-5-3-2-4-19(20)27-22(30)15-6-12-18(13-7-15)33-14-21-28-29-24(34-21)23(31)26-17-10-8-16(25)9-11-17/h2-13H,14H2,1H3,(H,26,31)(H,27,30). The molecule has 3 aromatic carbocycles. The summed E-state index contributed by atoms with van der Waals surface area (Å²) < 4.78 is 23.9. The number of carbonyl (C=O) groups excluding carboxylic acids is 2. The molecule has 0 saturated heterocycles. The highest BCUT2D eigenvalue weighted by atomic mass is 32.1. The van der Waals surface area contributed by atoms with Crippen molar-refractivity contribution in [2.45, 2.75) is 6.61 Å². The molecule has 172 valence electrons. The van der Waals surface area contributed by atoms with E-state index in [0.717, 1.165) is 11.3 Å². The van der Waals surface area contributed by atoms with Crippen LogP contribution in [0.5, 0.6) is 11.5 Å². The SMILES string of the molecule is COc1ccccc1NC(=O)c1ccc(OCc2nnc(C(=O)Nc3ccc(F)cc3)s2)cc1. The first kappa shape index (κ1) is 22.9. The predicted octanol–water partition coefficient (Wildman–Crippen LogP) is 4.77. The number of carbonyl (C=O) groups is 2. The highest BCUT2D eigenvalue weighted by molar-refractivity contribution is 7.13. The number of halogens is 1. The smallest absolute Gasteiger partial charge is 0.286 e. The Morgan fingerprint density at radius 1 is 0.912 bits per heavy atom. The van der Waals surface area contributed by atoms with Crippen molar-refractivity contribution in [2.75, 3.05) is 17.7 Å². The number of amides is 2. The van der Waals surface area contributed by atoms with Crippen LogP contribution in [0, 0.1) is 5.82 Å². The molecule has 2 amide bonds. The number of benzene rings is 3. The third-order valence-corrected chi connectivity index (χ3v) is 5.49. The Bertz CT molecular complexity index is 1290. The van der Waals surface area contributed by atoms with E-state index in [1.165, 1.54) is 31.4 Å². The number of nitrogens with one attached hydrogen (secondary N) is 2. The van der Waals surface area contributed by atoms with Gasteiger partial charge in [-0.05, 0) is 60.7 Å². The van der Waals surface area contributed by atoms with Crippen LogP contribution >= 0.6 is 11.3 Å². The first-order chi connectivity index (χ1) is 16.5. The predicted molar refractivity (Wildman–Crippen MR) is 126 cm³/mol. The van der Waals surface area contributed by atoms with Gasteiger partial charge in [-0.1, -0.05) is 23.5 Å². The Morgan fingerprint density at radius 2 is 1.65 bits per heavy atom. The van der Waals surface area contributed by atoms with Gasteiger partial charge in [0.25, 0.3) is 11.8 Å². The largest absolute Gasteiger partial charge is 0.495 e. The minimum absolute atomic E-state index is 0.105. The van der Waals surface area contributed by atoms with Crippen LogP contribution in [0.25, 0.3) is 0 Å². The number of aromatic nitrogens is 2. The van der Waals surface area contributed by atoms with Gasteiger partial charge in [-0.2, -0.15) is 0 Å². The van der Waals surface area contributed by atoms with Crippen molar-refractivity contribution in [3.05, 3.63) is 94.2 Å². The molecule has 4 aromatic rings. The minimum atomic E-state index is -0.444. The maximum atomic E-state index is 13.0. The minimum Gasteiger partial charge on any atom is -0.495 e. The summed E-state index contributed by atoms with van der Waals surface area (Å²) >= 11 is 1.09. The van der Waals surface area contributed by atoms with Crippen molar-refractivity contribution < 1.29 is 23.5 Å². The Balaban J connectivity index is 1.31. The summed E-state index contributed by atoms with van der Waals surface area (Å²) in [7, 11) is 1.54. The lowest BCUT2D eigenvalue weighted by atomic mass is 10.2. The highest BCUT2D eigenvalue weighted by Crippen LogP contribution is 2.24. The first-order valence-electron chi connectivity index (χ1n) is 10.1. The number of hydrogen-bond donors (Lipinski definition) is 2. The molecule has 0 atom stereocenters. The second-order valence-electron chi connectivity index (χ2n) is 6.93. The van der Waals surface area contributed by atoms with Crippen molar-refractivity contribution in [3.63, 3.8) is 0 Å². The van der Waals surface area contributed by atoms with Crippen LogP contribution in [0.2, 0.25) is 0 Å². The van der Waals surface area contributed by atoms with Crippen LogP contribution in [0.15, 0.2) is 72.8 Å². The van der Waals surface area contributed by atoms with E-state index < -0.39 is 11.7 Å². The van der Waals surface area contributed by atoms with Crippen LogP contribution in [0.1, 0.15) is 25.2 Å². The molecule has 0 aliphatic carbocycles. The fourth-order valence-electron chi connectivity index (χ4n) is 2.91. The molecule has 0 unspecified atom stereocenters. The average molecular weight is 479 g/mol. The van der Waals surface area contributed by atoms with Crippen LogP contribution < -0.4 is 20.1 Å². The Morgan fingerprint density at radius 3 is 2.38 bits per heavy atom. The zero-order valence-electron chi connectivity index (χ0n) is 17.9. The van der Waals surface area contributed by atoms with E-state index >= 15 is 0 Å². The second-order valence-corrected chi connectivity index (χ2v) is 7.99. The maximum absolute atomic E-state index is 13.0. The van der Waals surface area contributed by atoms with E-state index in [2.05, 4.69) is 20.8 Å². The molecule has 0 bridgehead atoms. The lowest BCUT2D eigenvalue weighted by molar-refractivity contribution is 0.101. The third kappa shape index (κ3) is 5.73. The van der Waals surface area contributed by atoms with Gasteiger partial charge >= 0.3 is 0 Å². The molecular weight excluding hydrogens is 459 g/mol. The number of nitrogens with zero attached hydrogens (tertiary/aromatic N) is 2. The summed E-state index contributed by atoms with van der Waals surface area (Å²) in [4.78, 5) is 24.8. The van der Waals surface area contributed by atoms with E-state index in [0.29, 0.717) is 33.4 Å². The van der Waals surface area contributed by atoms with Crippen molar-refractivity contribution in [3.8, 4) is 11.5 Å². The monoisotopic (exact) mass is 478 g/mol. The molecule has 0 fully saturated rings. The van der Waals surface area contributed by atoms with Crippen molar-refractivity contribution in [1.29, 1.82) is 0 Å². The number of anilines is 2. The molecule has 0 saturated carbocycles. The molecular formula is C24H19FN4O4S. The van der Waals surface area contributed by atoms with E-state index in [-0.39, 0.29) is 17.5 Å². The van der Waals surface area contributed by atoms with E-state index in [1.807, 2.05) is 6.07 Å². The summed E-state index contributed by atoms with van der Waals surface area (Å²) in [5.41, 5.74) is 1.48. The molecule has 34 heavy (non-hydrogen) atoms. The molecule has 8 nitrogen and oxygen atoms in total. The lowest BCUT2D eigenvalue weighted by Gasteiger charge is -2.10. The summed E-state index contributed by atoms with van der Waals surface area (Å²) in [6.45, 7) is 0.105. The number of para-hydroxylation sites is 2. The molecule has 0 aliphatic rings. The second kappa shape index (κ2) is 10.5. The molecule has 4 rings (SSSR count). The van der Waals surface area contributed by atoms with Crippen LogP contribution in [0.4, 0.5) is 15.8 Å². The number of methoxy groups -OCH3 is 1. The Hall–Kier alpha value is -4.31. The molecule has 10 heteroatoms. The number of hydrogen-bond acceptors (Lipinski definition) is 7. The summed E-state index contributed by atoms with van der Waals surface area (Å²) in [5, 5.41) is 13.9. The topological polar surface area (TPSA) is 102 Å². The highest BCUT2D eigenvalue weighted by Gasteiger charge is 2.14. The quantitative estimate of drug-likeness (QED) is 0.378. The lowest BCUT2D eigenvalue weighted by Crippen LogP contribution is -2.12. The van der Waals surface area contributed by atoms with E-state index in [4.69, 9.17) is 9.47 Å². The number of ether oxygens (including phenoxy) is 2.